The van der Waals surface area contributed by atoms with Gasteiger partial charge >= 0.3 is 0 Å². The highest BCUT2D eigenvalue weighted by atomic mass is 19.1. The Balaban J connectivity index is 1.26. The van der Waals surface area contributed by atoms with Gasteiger partial charge in [0.2, 0.25) is 5.91 Å². The third-order valence-corrected chi connectivity index (χ3v) is 9.31. The summed E-state index contributed by atoms with van der Waals surface area (Å²) in [5, 5.41) is 2.80. The second-order valence-electron chi connectivity index (χ2n) is 12.8. The van der Waals surface area contributed by atoms with Crippen molar-refractivity contribution in [1.29, 1.82) is 0 Å². The highest BCUT2D eigenvalue weighted by Crippen LogP contribution is 2.46. The van der Waals surface area contributed by atoms with Crippen LogP contribution in [0.4, 0.5) is 16.0 Å². The number of pyridine rings is 1. The van der Waals surface area contributed by atoms with Crippen molar-refractivity contribution in [3.05, 3.63) is 65.6 Å². The summed E-state index contributed by atoms with van der Waals surface area (Å²) in [6.07, 6.45) is 9.49. The van der Waals surface area contributed by atoms with E-state index in [9.17, 15) is 9.59 Å². The average molecular weight is 598 g/mol. The zero-order valence-electron chi connectivity index (χ0n) is 25.1. The maximum absolute atomic E-state index is 16.2. The van der Waals surface area contributed by atoms with Gasteiger partial charge in [-0.25, -0.2) is 19.3 Å². The number of amides is 2. The molecule has 0 bridgehead atoms. The lowest BCUT2D eigenvalue weighted by atomic mass is 9.79. The first kappa shape index (κ1) is 28.2. The number of carbonyl (C=O) groups is 2. The van der Waals surface area contributed by atoms with E-state index in [-0.39, 0.29) is 58.3 Å². The molecule has 1 saturated carbocycles. The van der Waals surface area contributed by atoms with Gasteiger partial charge in [0.1, 0.15) is 40.2 Å². The van der Waals surface area contributed by atoms with Crippen LogP contribution in [-0.2, 0) is 4.79 Å². The molecule has 3 aliphatic rings. The smallest absolute Gasteiger partial charge is 0.257 e. The molecule has 0 unspecified atom stereocenters. The molecule has 1 aliphatic carbocycles. The molecule has 4 aromatic rings. The van der Waals surface area contributed by atoms with Crippen LogP contribution in [0, 0.1) is 11.2 Å². The van der Waals surface area contributed by atoms with Crippen molar-refractivity contribution in [3.63, 3.8) is 0 Å². The number of nitrogens with one attached hydrogen (secondary N) is 1. The van der Waals surface area contributed by atoms with E-state index in [1.165, 1.54) is 12.1 Å². The number of ether oxygens (including phenoxy) is 1. The van der Waals surface area contributed by atoms with Gasteiger partial charge in [0.15, 0.2) is 0 Å². The Kier molecular flexibility index (Phi) is 6.78. The number of imidazole rings is 1. The van der Waals surface area contributed by atoms with Crippen LogP contribution in [0.3, 0.4) is 0 Å². The van der Waals surface area contributed by atoms with E-state index < -0.39 is 11.7 Å². The van der Waals surface area contributed by atoms with Gasteiger partial charge in [-0.15, -0.1) is 0 Å². The van der Waals surface area contributed by atoms with Gasteiger partial charge in [-0.2, -0.15) is 0 Å². The summed E-state index contributed by atoms with van der Waals surface area (Å²) < 4.78 is 23.9. The zero-order valence-corrected chi connectivity index (χ0v) is 25.1. The summed E-state index contributed by atoms with van der Waals surface area (Å²) in [6.45, 7) is 6.86. The monoisotopic (exact) mass is 597 g/mol. The number of hydrogen-bond acceptors (Lipinski definition) is 7. The number of fused-ring (bicyclic) bond motifs is 2. The molecule has 7 rings (SSSR count). The number of carbonyl (C=O) groups excluding carboxylic acids is 2. The molecule has 44 heavy (non-hydrogen) atoms. The van der Waals surface area contributed by atoms with Crippen molar-refractivity contribution >= 4 is 29.0 Å². The molecular weight excluding hydrogens is 561 g/mol. The molecule has 0 radical (unpaired) electrons. The Morgan fingerprint density at radius 1 is 1.14 bits per heavy atom. The van der Waals surface area contributed by atoms with Gasteiger partial charge in [0.25, 0.3) is 5.91 Å². The molecule has 1 aromatic carbocycles. The van der Waals surface area contributed by atoms with Gasteiger partial charge in [-0.3, -0.25) is 14.0 Å². The number of benzene rings is 1. The van der Waals surface area contributed by atoms with Crippen molar-refractivity contribution in [3.8, 4) is 17.0 Å². The molecule has 2 atom stereocenters. The SMILES string of the molecule is CCOc1cc(C(=O)Nc2cc(C3CC3)ccn2)cc(F)c1-c1nc([C@@H]2CC[C@@H]3N(C2)C(=O)CC3(C)C)n2ccnc(N)c12. The minimum absolute atomic E-state index is 0.0735. The van der Waals surface area contributed by atoms with Crippen molar-refractivity contribution in [2.45, 2.75) is 70.8 Å². The Morgan fingerprint density at radius 2 is 1.93 bits per heavy atom. The first-order valence-corrected chi connectivity index (χ1v) is 15.3. The minimum atomic E-state index is -0.671. The predicted octanol–water partition coefficient (Wildman–Crippen LogP) is 5.55. The second kappa shape index (κ2) is 10.6. The summed E-state index contributed by atoms with van der Waals surface area (Å²) in [5.41, 5.74) is 8.38. The quantitative estimate of drug-likeness (QED) is 0.286. The summed E-state index contributed by atoms with van der Waals surface area (Å²) in [5.74, 6) is 0.884. The topological polar surface area (TPSA) is 128 Å². The van der Waals surface area contributed by atoms with Gasteiger partial charge in [0.05, 0.1) is 12.2 Å². The molecule has 3 aromatic heterocycles. The zero-order chi connectivity index (χ0) is 30.7. The maximum Gasteiger partial charge on any atom is 0.257 e. The van der Waals surface area contributed by atoms with Crippen molar-refractivity contribution < 1.29 is 18.7 Å². The first-order valence-electron chi connectivity index (χ1n) is 15.3. The number of nitrogen functional groups attached to an aromatic ring is 1. The number of nitrogens with two attached hydrogens (primary N) is 1. The highest BCUT2D eigenvalue weighted by molar-refractivity contribution is 6.05. The number of anilines is 2. The minimum Gasteiger partial charge on any atom is -0.493 e. The Morgan fingerprint density at radius 3 is 2.70 bits per heavy atom. The number of halogens is 1. The molecule has 2 saturated heterocycles. The fourth-order valence-corrected chi connectivity index (χ4v) is 7.01. The summed E-state index contributed by atoms with van der Waals surface area (Å²) >= 11 is 0. The second-order valence-corrected chi connectivity index (χ2v) is 12.8. The number of hydrogen-bond donors (Lipinski definition) is 2. The molecule has 2 aliphatic heterocycles. The van der Waals surface area contributed by atoms with Crippen LogP contribution in [-0.4, -0.2) is 55.3 Å². The van der Waals surface area contributed by atoms with Crippen LogP contribution in [0.15, 0.2) is 42.9 Å². The lowest BCUT2D eigenvalue weighted by Crippen LogP contribution is -2.44. The molecule has 10 nitrogen and oxygen atoms in total. The molecule has 3 fully saturated rings. The molecular formula is C33H36FN7O3. The summed E-state index contributed by atoms with van der Waals surface area (Å²) in [6, 6.07) is 6.72. The van der Waals surface area contributed by atoms with E-state index in [0.29, 0.717) is 36.0 Å². The molecule has 2 amide bonds. The normalized spacial score (nSPS) is 21.0. The van der Waals surface area contributed by atoms with E-state index >= 15 is 4.39 Å². The molecule has 11 heteroatoms. The van der Waals surface area contributed by atoms with Crippen molar-refractivity contribution in [2.75, 3.05) is 24.2 Å². The average Bonchev–Trinajstić information content (AvgIpc) is 3.73. The molecule has 228 valence electrons. The third kappa shape index (κ3) is 4.84. The van der Waals surface area contributed by atoms with Crippen LogP contribution in [0.5, 0.6) is 5.75 Å². The number of rotatable bonds is 7. The van der Waals surface area contributed by atoms with Gasteiger partial charge in [-0.05, 0) is 73.8 Å². The number of piperidine rings is 1. The number of nitrogens with zero attached hydrogens (tertiary/aromatic N) is 5. The van der Waals surface area contributed by atoms with E-state index in [2.05, 4.69) is 29.1 Å². The fraction of sp³-hybridized carbons (Fsp3) is 0.424. The molecule has 5 heterocycles. The Bertz CT molecular complexity index is 1800. The first-order chi connectivity index (χ1) is 21.1. The van der Waals surface area contributed by atoms with E-state index in [1.54, 1.807) is 25.5 Å². The standard InChI is InChI=1S/C33H36FN7O3/c1-4-44-23-14-21(32(43)38-25-15-19(9-10-36-25)18-5-6-18)13-22(34)27(23)28-29-30(35)37-11-12-40(29)31(39-28)20-7-8-24-33(2,3)16-26(42)41(24)17-20/h9-15,18,20,24H,4-8,16-17H2,1-3H3,(H2,35,37)(H,36,38,43)/t20-,24+/m1/s1. The van der Waals surface area contributed by atoms with E-state index in [4.69, 9.17) is 15.5 Å². The molecule has 0 spiro atoms. The number of aromatic nitrogens is 4. The van der Waals surface area contributed by atoms with Gasteiger partial charge in [-0.1, -0.05) is 13.8 Å². The lowest BCUT2D eigenvalue weighted by Gasteiger charge is -2.39. The fourth-order valence-electron chi connectivity index (χ4n) is 7.01. The highest BCUT2D eigenvalue weighted by Gasteiger charge is 2.48. The molecule has 3 N–H and O–H groups in total. The van der Waals surface area contributed by atoms with Crippen molar-refractivity contribution in [2.24, 2.45) is 5.41 Å². The largest absolute Gasteiger partial charge is 0.493 e. The van der Waals surface area contributed by atoms with Crippen LogP contribution in [0.2, 0.25) is 0 Å². The predicted molar refractivity (Wildman–Crippen MR) is 164 cm³/mol. The van der Waals surface area contributed by atoms with Gasteiger partial charge in [0, 0.05) is 49.1 Å². The van der Waals surface area contributed by atoms with Crippen molar-refractivity contribution in [1.82, 2.24) is 24.3 Å². The Hall–Kier alpha value is -4.54. The van der Waals surface area contributed by atoms with Gasteiger partial charge < -0.3 is 20.7 Å². The summed E-state index contributed by atoms with van der Waals surface area (Å²) in [4.78, 5) is 41.7. The van der Waals surface area contributed by atoms with Crippen LogP contribution in [0.1, 0.15) is 86.5 Å². The lowest BCUT2D eigenvalue weighted by molar-refractivity contribution is -0.130. The van der Waals surface area contributed by atoms with Crippen LogP contribution in [0.25, 0.3) is 16.8 Å². The van der Waals surface area contributed by atoms with Crippen LogP contribution >= 0.6 is 0 Å². The maximum atomic E-state index is 16.2. The van der Waals surface area contributed by atoms with E-state index in [0.717, 1.165) is 31.2 Å². The third-order valence-electron chi connectivity index (χ3n) is 9.31. The summed E-state index contributed by atoms with van der Waals surface area (Å²) in [7, 11) is 0. The Labute approximate surface area is 254 Å². The van der Waals surface area contributed by atoms with Crippen LogP contribution < -0.4 is 15.8 Å². The van der Waals surface area contributed by atoms with E-state index in [1.807, 2.05) is 21.4 Å².